The highest BCUT2D eigenvalue weighted by atomic mass is 16.2. The highest BCUT2D eigenvalue weighted by Gasteiger charge is 2.24. The highest BCUT2D eigenvalue weighted by molar-refractivity contribution is 5.93. The van der Waals surface area contributed by atoms with Crippen molar-refractivity contribution in [1.82, 2.24) is 24.3 Å². The summed E-state index contributed by atoms with van der Waals surface area (Å²) in [6.07, 6.45) is 5.16. The molecule has 0 radical (unpaired) electrons. The monoisotopic (exact) mass is 347 g/mol. The molecule has 26 heavy (non-hydrogen) atoms. The van der Waals surface area contributed by atoms with E-state index in [9.17, 15) is 4.79 Å². The SMILES string of the molecule is O=C(c1cncn1-c1ccccc1)N1CCN(Cc2ccccn2)CC1. The van der Waals surface area contributed by atoms with Crippen molar-refractivity contribution in [2.45, 2.75) is 6.54 Å². The smallest absolute Gasteiger partial charge is 0.272 e. The number of imidazole rings is 1. The molecule has 0 bridgehead atoms. The zero-order valence-electron chi connectivity index (χ0n) is 14.5. The molecule has 0 unspecified atom stereocenters. The molecule has 1 amide bonds. The molecule has 1 saturated heterocycles. The van der Waals surface area contributed by atoms with Crippen LogP contribution in [0.1, 0.15) is 16.2 Å². The molecule has 1 fully saturated rings. The molecular formula is C20H21N5O. The third kappa shape index (κ3) is 3.50. The Morgan fingerprint density at radius 3 is 2.46 bits per heavy atom. The standard InChI is InChI=1S/C20H21N5O/c26-20(19-14-21-16-25(19)18-7-2-1-3-8-18)24-12-10-23(11-13-24)15-17-6-4-5-9-22-17/h1-9,14,16H,10-13,15H2. The average molecular weight is 347 g/mol. The minimum absolute atomic E-state index is 0.0313. The highest BCUT2D eigenvalue weighted by Crippen LogP contribution is 2.15. The second-order valence-electron chi connectivity index (χ2n) is 6.37. The summed E-state index contributed by atoms with van der Waals surface area (Å²) in [5.41, 5.74) is 2.62. The van der Waals surface area contributed by atoms with Gasteiger partial charge in [0.05, 0.1) is 18.2 Å². The summed E-state index contributed by atoms with van der Waals surface area (Å²) in [5, 5.41) is 0. The maximum atomic E-state index is 13.0. The van der Waals surface area contributed by atoms with E-state index in [1.807, 2.05) is 64.2 Å². The fourth-order valence-corrected chi connectivity index (χ4v) is 3.24. The van der Waals surface area contributed by atoms with Gasteiger partial charge in [0.2, 0.25) is 0 Å². The summed E-state index contributed by atoms with van der Waals surface area (Å²) in [7, 11) is 0. The van der Waals surface area contributed by atoms with Crippen LogP contribution in [0, 0.1) is 0 Å². The molecule has 1 aliphatic heterocycles. The van der Waals surface area contributed by atoms with Gasteiger partial charge in [-0.1, -0.05) is 24.3 Å². The number of piperazine rings is 1. The van der Waals surface area contributed by atoms with E-state index in [1.165, 1.54) is 0 Å². The van der Waals surface area contributed by atoms with Crippen molar-refractivity contribution < 1.29 is 4.79 Å². The number of rotatable bonds is 4. The van der Waals surface area contributed by atoms with Crippen LogP contribution in [0.15, 0.2) is 67.3 Å². The van der Waals surface area contributed by atoms with Crippen LogP contribution in [0.2, 0.25) is 0 Å². The molecule has 0 N–H and O–H groups in total. The van der Waals surface area contributed by atoms with Gasteiger partial charge < -0.3 is 4.90 Å². The van der Waals surface area contributed by atoms with Gasteiger partial charge in [-0.3, -0.25) is 19.2 Å². The topological polar surface area (TPSA) is 54.3 Å². The van der Waals surface area contributed by atoms with Gasteiger partial charge in [0, 0.05) is 44.6 Å². The van der Waals surface area contributed by atoms with Crippen molar-refractivity contribution in [3.63, 3.8) is 0 Å². The predicted molar refractivity (Wildman–Crippen MR) is 99.0 cm³/mol. The fourth-order valence-electron chi connectivity index (χ4n) is 3.24. The first-order chi connectivity index (χ1) is 12.8. The van der Waals surface area contributed by atoms with Crippen molar-refractivity contribution >= 4 is 5.91 Å². The number of carbonyl (C=O) groups excluding carboxylic acids is 1. The quantitative estimate of drug-likeness (QED) is 0.726. The molecule has 2 aromatic heterocycles. The second-order valence-corrected chi connectivity index (χ2v) is 6.37. The molecule has 4 rings (SSSR count). The number of amides is 1. The van der Waals surface area contributed by atoms with Gasteiger partial charge in [-0.05, 0) is 24.3 Å². The van der Waals surface area contributed by atoms with Crippen molar-refractivity contribution in [2.75, 3.05) is 26.2 Å². The van der Waals surface area contributed by atoms with Crippen LogP contribution in [0.25, 0.3) is 5.69 Å². The van der Waals surface area contributed by atoms with Gasteiger partial charge >= 0.3 is 0 Å². The molecule has 1 aromatic carbocycles. The lowest BCUT2D eigenvalue weighted by Crippen LogP contribution is -2.48. The van der Waals surface area contributed by atoms with Gasteiger partial charge in [0.15, 0.2) is 0 Å². The van der Waals surface area contributed by atoms with E-state index in [-0.39, 0.29) is 5.91 Å². The molecule has 0 atom stereocenters. The number of aromatic nitrogens is 3. The van der Waals surface area contributed by atoms with Crippen molar-refractivity contribution in [2.24, 2.45) is 0 Å². The van der Waals surface area contributed by atoms with Crippen LogP contribution in [-0.2, 0) is 6.54 Å². The molecule has 132 valence electrons. The first-order valence-electron chi connectivity index (χ1n) is 8.80. The molecule has 0 spiro atoms. The third-order valence-corrected chi connectivity index (χ3v) is 4.66. The van der Waals surface area contributed by atoms with Gasteiger partial charge in [-0.15, -0.1) is 0 Å². The molecule has 6 heteroatoms. The Labute approximate surface area is 152 Å². The van der Waals surface area contributed by atoms with Gasteiger partial charge in [-0.2, -0.15) is 0 Å². The van der Waals surface area contributed by atoms with Gasteiger partial charge in [0.25, 0.3) is 5.91 Å². The molecule has 0 saturated carbocycles. The molecule has 3 aromatic rings. The van der Waals surface area contributed by atoms with Crippen LogP contribution >= 0.6 is 0 Å². The van der Waals surface area contributed by atoms with E-state index < -0.39 is 0 Å². The molecular weight excluding hydrogens is 326 g/mol. The summed E-state index contributed by atoms with van der Waals surface area (Å²) in [5.74, 6) is 0.0313. The fraction of sp³-hybridized carbons (Fsp3) is 0.250. The van der Waals surface area contributed by atoms with Crippen LogP contribution in [0.4, 0.5) is 0 Å². The van der Waals surface area contributed by atoms with Crippen molar-refractivity contribution in [3.05, 3.63) is 78.6 Å². The molecule has 0 aliphatic carbocycles. The van der Waals surface area contributed by atoms with Gasteiger partial charge in [-0.25, -0.2) is 4.98 Å². The number of para-hydroxylation sites is 1. The number of hydrogen-bond donors (Lipinski definition) is 0. The lowest BCUT2D eigenvalue weighted by molar-refractivity contribution is 0.0619. The Balaban J connectivity index is 1.41. The van der Waals surface area contributed by atoms with E-state index >= 15 is 0 Å². The lowest BCUT2D eigenvalue weighted by atomic mass is 10.2. The Hall–Kier alpha value is -2.99. The Bertz CT molecular complexity index is 854. The maximum absolute atomic E-state index is 13.0. The van der Waals surface area contributed by atoms with E-state index in [0.717, 1.165) is 31.0 Å². The van der Waals surface area contributed by atoms with E-state index in [2.05, 4.69) is 14.9 Å². The largest absolute Gasteiger partial charge is 0.335 e. The first kappa shape index (κ1) is 16.5. The van der Waals surface area contributed by atoms with Crippen LogP contribution in [0.5, 0.6) is 0 Å². The maximum Gasteiger partial charge on any atom is 0.272 e. The third-order valence-electron chi connectivity index (χ3n) is 4.66. The number of nitrogens with zero attached hydrogens (tertiary/aromatic N) is 5. The van der Waals surface area contributed by atoms with Crippen molar-refractivity contribution in [1.29, 1.82) is 0 Å². The van der Waals surface area contributed by atoms with Gasteiger partial charge in [0.1, 0.15) is 5.69 Å². The molecule has 1 aliphatic rings. The van der Waals surface area contributed by atoms with E-state index in [0.29, 0.717) is 18.8 Å². The Morgan fingerprint density at radius 1 is 0.962 bits per heavy atom. The first-order valence-corrected chi connectivity index (χ1v) is 8.80. The van der Waals surface area contributed by atoms with Crippen LogP contribution in [-0.4, -0.2) is 56.4 Å². The minimum atomic E-state index is 0.0313. The zero-order valence-corrected chi connectivity index (χ0v) is 14.5. The predicted octanol–water partition coefficient (Wildman–Crippen LogP) is 2.23. The molecule has 6 nitrogen and oxygen atoms in total. The summed E-state index contributed by atoms with van der Waals surface area (Å²) in [4.78, 5) is 25.8. The normalized spacial score (nSPS) is 15.2. The van der Waals surface area contributed by atoms with Crippen LogP contribution in [0.3, 0.4) is 0 Å². The summed E-state index contributed by atoms with van der Waals surface area (Å²) in [6, 6.07) is 15.8. The van der Waals surface area contributed by atoms with Crippen LogP contribution < -0.4 is 0 Å². The molecule has 3 heterocycles. The Kier molecular flexibility index (Phi) is 4.75. The minimum Gasteiger partial charge on any atom is -0.335 e. The average Bonchev–Trinajstić information content (AvgIpc) is 3.19. The number of pyridine rings is 1. The summed E-state index contributed by atoms with van der Waals surface area (Å²) in [6.45, 7) is 3.95. The summed E-state index contributed by atoms with van der Waals surface area (Å²) >= 11 is 0. The number of carbonyl (C=O) groups is 1. The lowest BCUT2D eigenvalue weighted by Gasteiger charge is -2.34. The van der Waals surface area contributed by atoms with E-state index in [1.54, 1.807) is 12.5 Å². The number of benzene rings is 1. The Morgan fingerprint density at radius 2 is 1.73 bits per heavy atom. The number of hydrogen-bond acceptors (Lipinski definition) is 4. The summed E-state index contributed by atoms with van der Waals surface area (Å²) < 4.78 is 1.85. The van der Waals surface area contributed by atoms with E-state index in [4.69, 9.17) is 0 Å². The zero-order chi connectivity index (χ0) is 17.8. The van der Waals surface area contributed by atoms with Crippen molar-refractivity contribution in [3.8, 4) is 5.69 Å². The second kappa shape index (κ2) is 7.49.